The van der Waals surface area contributed by atoms with Crippen molar-refractivity contribution in [3.63, 3.8) is 0 Å². The first-order valence-electron chi connectivity index (χ1n) is 19.3. The first kappa shape index (κ1) is 51.0. The smallest absolute Gasteiger partial charge is 0.545 e. The van der Waals surface area contributed by atoms with E-state index in [1.54, 1.807) is 18.2 Å². The minimum absolute atomic E-state index is 0. The Morgan fingerprint density at radius 3 is 0.855 bits per heavy atom. The van der Waals surface area contributed by atoms with Crippen molar-refractivity contribution >= 4 is 35.3 Å². The van der Waals surface area contributed by atoms with Crippen molar-refractivity contribution in [2.24, 2.45) is 0 Å². The molecule has 3 aromatic rings. The molecule has 0 spiro atoms. The number of carbonyl (C=O) groups excluding carboxylic acids is 3. The van der Waals surface area contributed by atoms with Gasteiger partial charge in [-0.25, -0.2) is 0 Å². The monoisotopic (exact) mass is 774 g/mol. The number of benzene rings is 3. The Balaban J connectivity index is 0.000000788. The number of phenols is 3. The van der Waals surface area contributed by atoms with Crippen molar-refractivity contribution in [1.82, 2.24) is 0 Å². The summed E-state index contributed by atoms with van der Waals surface area (Å²) in [5.41, 5.74) is 2.12. The average Bonchev–Trinajstić information content (AvgIpc) is 3.09. The second-order valence-corrected chi connectivity index (χ2v) is 16.1. The molecule has 3 aromatic carbocycles. The van der Waals surface area contributed by atoms with Gasteiger partial charge in [-0.2, -0.15) is 0 Å². The van der Waals surface area contributed by atoms with Crippen LogP contribution in [0, 0.1) is 0 Å². The summed E-state index contributed by atoms with van der Waals surface area (Å²) in [6.07, 6.45) is 13.4. The van der Waals surface area contributed by atoms with Crippen molar-refractivity contribution in [2.45, 2.75) is 156 Å². The SMILES string of the molecule is CCCCCC(C)(C)c1ccc(O)c(C(=O)[O-])c1.CCCCCC(C)(C)c1ccc(O)c(C(=O)[O-])c1.CCCCCC(C)(C)c1ccc(O)c(C(=O)[O-])c1.[Al+3]. The third kappa shape index (κ3) is 16.7. The van der Waals surface area contributed by atoms with Crippen LogP contribution in [0.3, 0.4) is 0 Å². The number of rotatable bonds is 18. The fourth-order valence-electron chi connectivity index (χ4n) is 6.25. The Hall–Kier alpha value is -4.00. The van der Waals surface area contributed by atoms with E-state index in [9.17, 15) is 45.0 Å². The molecule has 0 amide bonds. The summed E-state index contributed by atoms with van der Waals surface area (Å²) in [5, 5.41) is 61.1. The van der Waals surface area contributed by atoms with Gasteiger partial charge >= 0.3 is 17.4 Å². The molecular weight excluding hydrogens is 711 g/mol. The van der Waals surface area contributed by atoms with Crippen LogP contribution in [-0.2, 0) is 16.2 Å². The van der Waals surface area contributed by atoms with Crippen molar-refractivity contribution in [2.75, 3.05) is 0 Å². The molecule has 0 bridgehead atoms. The Kier molecular flexibility index (Phi) is 22.1. The van der Waals surface area contributed by atoms with Gasteiger partial charge in [-0.15, -0.1) is 0 Å². The predicted octanol–water partition coefficient (Wildman–Crippen LogP) is 7.46. The molecular formula is C45H63AlO9. The van der Waals surface area contributed by atoms with Gasteiger partial charge in [-0.1, -0.05) is 138 Å². The van der Waals surface area contributed by atoms with Gasteiger partial charge in [0.05, 0.1) is 17.9 Å². The average molecular weight is 775 g/mol. The number of aromatic hydroxyl groups is 3. The zero-order valence-corrected chi connectivity index (χ0v) is 35.7. The molecule has 55 heavy (non-hydrogen) atoms. The number of carbonyl (C=O) groups is 3. The fourth-order valence-corrected chi connectivity index (χ4v) is 6.25. The molecule has 3 N–H and O–H groups in total. The maximum absolute atomic E-state index is 10.9. The van der Waals surface area contributed by atoms with Crippen LogP contribution in [0.5, 0.6) is 17.2 Å². The van der Waals surface area contributed by atoms with Crippen molar-refractivity contribution in [3.05, 3.63) is 88.0 Å². The van der Waals surface area contributed by atoms with E-state index in [1.807, 2.05) is 0 Å². The molecule has 0 aliphatic carbocycles. The van der Waals surface area contributed by atoms with Gasteiger partial charge in [-0.05, 0) is 88.6 Å². The summed E-state index contributed by atoms with van der Waals surface area (Å²) in [5.74, 6) is -4.70. The Morgan fingerprint density at radius 1 is 0.455 bits per heavy atom. The zero-order chi connectivity index (χ0) is 41.3. The van der Waals surface area contributed by atoms with Gasteiger partial charge in [-0.3, -0.25) is 0 Å². The first-order valence-corrected chi connectivity index (χ1v) is 19.3. The van der Waals surface area contributed by atoms with Crippen LogP contribution >= 0.6 is 0 Å². The van der Waals surface area contributed by atoms with Crippen LogP contribution in [-0.4, -0.2) is 50.6 Å². The van der Waals surface area contributed by atoms with E-state index in [-0.39, 0.29) is 67.5 Å². The van der Waals surface area contributed by atoms with Crippen LogP contribution in [0.4, 0.5) is 0 Å². The van der Waals surface area contributed by atoms with E-state index in [4.69, 9.17) is 0 Å². The number of hydrogen-bond acceptors (Lipinski definition) is 9. The van der Waals surface area contributed by atoms with Crippen LogP contribution in [0.15, 0.2) is 54.6 Å². The summed E-state index contributed by atoms with van der Waals surface area (Å²) in [7, 11) is 0. The summed E-state index contributed by atoms with van der Waals surface area (Å²) in [6.45, 7) is 19.0. The normalized spacial score (nSPS) is 11.3. The molecule has 10 heteroatoms. The molecule has 300 valence electrons. The maximum atomic E-state index is 10.9. The van der Waals surface area contributed by atoms with Crippen molar-refractivity contribution in [3.8, 4) is 17.2 Å². The van der Waals surface area contributed by atoms with Crippen LogP contribution in [0.1, 0.15) is 187 Å². The second-order valence-electron chi connectivity index (χ2n) is 16.1. The topological polar surface area (TPSA) is 181 Å². The van der Waals surface area contributed by atoms with E-state index in [2.05, 4.69) is 62.3 Å². The Labute approximate surface area is 340 Å². The van der Waals surface area contributed by atoms with Crippen molar-refractivity contribution < 1.29 is 45.0 Å². The summed E-state index contributed by atoms with van der Waals surface area (Å²) in [4.78, 5) is 32.7. The zero-order valence-electron chi connectivity index (χ0n) is 34.5. The van der Waals surface area contributed by atoms with Gasteiger partial charge < -0.3 is 45.0 Å². The number of unbranched alkanes of at least 4 members (excludes halogenated alkanes) is 6. The summed E-state index contributed by atoms with van der Waals surface area (Å²) < 4.78 is 0. The third-order valence-electron chi connectivity index (χ3n) is 10.2. The molecule has 0 saturated carbocycles. The Morgan fingerprint density at radius 2 is 0.673 bits per heavy atom. The number of aromatic carboxylic acids is 3. The van der Waals surface area contributed by atoms with Gasteiger partial charge in [0.25, 0.3) is 0 Å². The van der Waals surface area contributed by atoms with E-state index in [0.717, 1.165) is 74.5 Å². The molecule has 0 heterocycles. The fraction of sp³-hybridized carbons (Fsp3) is 0.533. The van der Waals surface area contributed by atoms with E-state index in [0.29, 0.717) is 0 Å². The maximum Gasteiger partial charge on any atom is 3.00 e. The molecule has 0 saturated heterocycles. The Bertz CT molecular complexity index is 1470. The number of hydrogen-bond donors (Lipinski definition) is 3. The molecule has 0 fully saturated rings. The van der Waals surface area contributed by atoms with E-state index in [1.165, 1.54) is 55.7 Å². The third-order valence-corrected chi connectivity index (χ3v) is 10.2. The minimum atomic E-state index is -1.33. The molecule has 9 nitrogen and oxygen atoms in total. The minimum Gasteiger partial charge on any atom is -0.545 e. The van der Waals surface area contributed by atoms with Crippen LogP contribution in [0.2, 0.25) is 0 Å². The van der Waals surface area contributed by atoms with Gasteiger partial charge in [0, 0.05) is 16.7 Å². The molecule has 0 aliphatic rings. The predicted molar refractivity (Wildman–Crippen MR) is 215 cm³/mol. The summed E-state index contributed by atoms with van der Waals surface area (Å²) in [6, 6.07) is 14.2. The molecule has 0 aliphatic heterocycles. The number of carboxylic acid groups (broad SMARTS) is 3. The summed E-state index contributed by atoms with van der Waals surface area (Å²) >= 11 is 0. The molecule has 0 atom stereocenters. The quantitative estimate of drug-likeness (QED) is 0.0873. The molecule has 3 rings (SSSR count). The number of carboxylic acids is 3. The molecule has 0 radical (unpaired) electrons. The molecule has 0 unspecified atom stereocenters. The van der Waals surface area contributed by atoms with Gasteiger partial charge in [0.15, 0.2) is 0 Å². The largest absolute Gasteiger partial charge is 3.00 e. The van der Waals surface area contributed by atoms with Crippen molar-refractivity contribution in [1.29, 1.82) is 0 Å². The van der Waals surface area contributed by atoms with Crippen LogP contribution in [0.25, 0.3) is 0 Å². The van der Waals surface area contributed by atoms with E-state index < -0.39 is 17.9 Å². The molecule has 0 aromatic heterocycles. The standard InChI is InChI=1S/3C15H22O3.Al/c3*1-4-5-6-9-15(2,3)11-7-8-13(16)12(10-11)14(17)18;/h3*7-8,10,16H,4-6,9H2,1-3H3,(H,17,18);/q;;;+3/p-3. The van der Waals surface area contributed by atoms with Gasteiger partial charge in [0.1, 0.15) is 17.2 Å². The van der Waals surface area contributed by atoms with Gasteiger partial charge in [0.2, 0.25) is 0 Å². The van der Waals surface area contributed by atoms with E-state index >= 15 is 0 Å². The van der Waals surface area contributed by atoms with Crippen LogP contribution < -0.4 is 15.3 Å². The second kappa shape index (κ2) is 23.8. The first-order chi connectivity index (χ1) is 25.1.